The first-order chi connectivity index (χ1) is 9.15. The van der Waals surface area contributed by atoms with E-state index < -0.39 is 0 Å². The maximum Gasteiger partial charge on any atom is 0.227 e. The number of nitrogens with one attached hydrogen (secondary N) is 1. The number of carbonyl (C=O) groups excluding carboxylic acids is 1. The SMILES string of the molecule is CCOc1ccc(NC(=O)C(CC)CC)cc1CCl. The van der Waals surface area contributed by atoms with Gasteiger partial charge in [0.1, 0.15) is 5.75 Å². The van der Waals surface area contributed by atoms with E-state index in [1.165, 1.54) is 0 Å². The van der Waals surface area contributed by atoms with E-state index in [1.807, 2.05) is 39.0 Å². The standard InChI is InChI=1S/C15H22ClNO2/c1-4-11(5-2)15(18)17-13-7-8-14(19-6-3)12(9-13)10-16/h7-9,11H,4-6,10H2,1-3H3,(H,17,18). The molecule has 19 heavy (non-hydrogen) atoms. The van der Waals surface area contributed by atoms with E-state index in [0.29, 0.717) is 12.5 Å². The Kier molecular flexibility index (Phi) is 6.71. The molecule has 0 saturated carbocycles. The van der Waals surface area contributed by atoms with Gasteiger partial charge >= 0.3 is 0 Å². The summed E-state index contributed by atoms with van der Waals surface area (Å²) >= 11 is 5.90. The molecule has 1 aromatic rings. The van der Waals surface area contributed by atoms with E-state index in [-0.39, 0.29) is 11.8 Å². The zero-order chi connectivity index (χ0) is 14.3. The molecule has 0 spiro atoms. The molecule has 0 aromatic heterocycles. The molecule has 1 N–H and O–H groups in total. The second kappa shape index (κ2) is 8.05. The maximum atomic E-state index is 12.0. The topological polar surface area (TPSA) is 38.3 Å². The van der Waals surface area contributed by atoms with Crippen LogP contribution in [0.5, 0.6) is 5.75 Å². The fourth-order valence-electron chi connectivity index (χ4n) is 1.96. The van der Waals surface area contributed by atoms with Gasteiger partial charge in [0.25, 0.3) is 0 Å². The van der Waals surface area contributed by atoms with Crippen LogP contribution in [0.1, 0.15) is 39.2 Å². The first-order valence-corrected chi connectivity index (χ1v) is 7.32. The number of rotatable bonds is 7. The van der Waals surface area contributed by atoms with Crippen molar-refractivity contribution in [2.75, 3.05) is 11.9 Å². The molecule has 0 aliphatic carbocycles. The van der Waals surface area contributed by atoms with E-state index in [0.717, 1.165) is 29.8 Å². The average Bonchev–Trinajstić information content (AvgIpc) is 2.42. The molecule has 0 saturated heterocycles. The van der Waals surface area contributed by atoms with Crippen LogP contribution in [0.25, 0.3) is 0 Å². The van der Waals surface area contributed by atoms with Crippen LogP contribution in [0.3, 0.4) is 0 Å². The summed E-state index contributed by atoms with van der Waals surface area (Å²) < 4.78 is 5.48. The predicted molar refractivity (Wildman–Crippen MR) is 79.9 cm³/mol. The smallest absolute Gasteiger partial charge is 0.227 e. The fourth-order valence-corrected chi connectivity index (χ4v) is 2.17. The summed E-state index contributed by atoms with van der Waals surface area (Å²) in [4.78, 5) is 12.0. The van der Waals surface area contributed by atoms with Crippen molar-refractivity contribution in [1.29, 1.82) is 0 Å². The molecule has 1 aromatic carbocycles. The van der Waals surface area contributed by atoms with Gasteiger partial charge in [0.15, 0.2) is 0 Å². The van der Waals surface area contributed by atoms with Gasteiger partial charge in [0.05, 0.1) is 12.5 Å². The number of hydrogen-bond donors (Lipinski definition) is 1. The largest absolute Gasteiger partial charge is 0.494 e. The molecule has 1 rings (SSSR count). The van der Waals surface area contributed by atoms with Crippen molar-refractivity contribution in [2.24, 2.45) is 5.92 Å². The van der Waals surface area contributed by atoms with Crippen LogP contribution in [-0.4, -0.2) is 12.5 Å². The lowest BCUT2D eigenvalue weighted by Crippen LogP contribution is -2.21. The second-order valence-electron chi connectivity index (χ2n) is 4.39. The number of hydrogen-bond acceptors (Lipinski definition) is 2. The first-order valence-electron chi connectivity index (χ1n) is 6.78. The predicted octanol–water partition coefficient (Wildman–Crippen LogP) is 4.20. The van der Waals surface area contributed by atoms with Gasteiger partial charge in [-0.3, -0.25) is 4.79 Å². The van der Waals surface area contributed by atoms with Gasteiger partial charge in [0, 0.05) is 17.2 Å². The average molecular weight is 284 g/mol. The van der Waals surface area contributed by atoms with Crippen LogP contribution in [0, 0.1) is 5.92 Å². The van der Waals surface area contributed by atoms with Crippen LogP contribution >= 0.6 is 11.6 Å². The summed E-state index contributed by atoms with van der Waals surface area (Å²) in [6.07, 6.45) is 1.70. The maximum absolute atomic E-state index is 12.0. The molecule has 4 heteroatoms. The normalized spacial score (nSPS) is 10.6. The fraction of sp³-hybridized carbons (Fsp3) is 0.533. The number of ether oxygens (including phenoxy) is 1. The highest BCUT2D eigenvalue weighted by Crippen LogP contribution is 2.25. The summed E-state index contributed by atoms with van der Waals surface area (Å²) in [6.45, 7) is 6.58. The Morgan fingerprint density at radius 1 is 1.32 bits per heavy atom. The highest BCUT2D eigenvalue weighted by atomic mass is 35.5. The zero-order valence-electron chi connectivity index (χ0n) is 11.8. The Labute approximate surface area is 120 Å². The lowest BCUT2D eigenvalue weighted by Gasteiger charge is -2.14. The van der Waals surface area contributed by atoms with Gasteiger partial charge < -0.3 is 10.1 Å². The lowest BCUT2D eigenvalue weighted by molar-refractivity contribution is -0.120. The Hall–Kier alpha value is -1.22. The Balaban J connectivity index is 2.82. The van der Waals surface area contributed by atoms with Crippen molar-refractivity contribution in [3.05, 3.63) is 23.8 Å². The lowest BCUT2D eigenvalue weighted by atomic mass is 10.0. The third-order valence-corrected chi connectivity index (χ3v) is 3.42. The molecular formula is C15H22ClNO2. The number of benzene rings is 1. The summed E-state index contributed by atoms with van der Waals surface area (Å²) in [6, 6.07) is 5.57. The van der Waals surface area contributed by atoms with Crippen molar-refractivity contribution >= 4 is 23.2 Å². The molecule has 106 valence electrons. The summed E-state index contributed by atoms with van der Waals surface area (Å²) in [5, 5.41) is 2.93. The minimum absolute atomic E-state index is 0.0611. The summed E-state index contributed by atoms with van der Waals surface area (Å²) in [7, 11) is 0. The van der Waals surface area contributed by atoms with Gasteiger partial charge in [-0.05, 0) is 38.0 Å². The third-order valence-electron chi connectivity index (χ3n) is 3.13. The number of halogens is 1. The van der Waals surface area contributed by atoms with E-state index in [9.17, 15) is 4.79 Å². The van der Waals surface area contributed by atoms with Crippen molar-refractivity contribution < 1.29 is 9.53 Å². The van der Waals surface area contributed by atoms with Crippen LogP contribution in [-0.2, 0) is 10.7 Å². The van der Waals surface area contributed by atoms with Crippen molar-refractivity contribution in [3.63, 3.8) is 0 Å². The number of anilines is 1. The van der Waals surface area contributed by atoms with Crippen LogP contribution in [0.2, 0.25) is 0 Å². The Morgan fingerprint density at radius 2 is 2.00 bits per heavy atom. The van der Waals surface area contributed by atoms with Gasteiger partial charge in [-0.25, -0.2) is 0 Å². The van der Waals surface area contributed by atoms with Gasteiger partial charge in [-0.15, -0.1) is 11.6 Å². The molecular weight excluding hydrogens is 262 g/mol. The quantitative estimate of drug-likeness (QED) is 0.762. The molecule has 0 unspecified atom stereocenters. The molecule has 0 radical (unpaired) electrons. The van der Waals surface area contributed by atoms with Crippen LogP contribution in [0.15, 0.2) is 18.2 Å². The van der Waals surface area contributed by atoms with Crippen LogP contribution < -0.4 is 10.1 Å². The molecule has 0 heterocycles. The van der Waals surface area contributed by atoms with Crippen molar-refractivity contribution in [2.45, 2.75) is 39.5 Å². The summed E-state index contributed by atoms with van der Waals surface area (Å²) in [5.74, 6) is 1.27. The van der Waals surface area contributed by atoms with Crippen LogP contribution in [0.4, 0.5) is 5.69 Å². The Bertz CT molecular complexity index is 417. The van der Waals surface area contributed by atoms with E-state index in [4.69, 9.17) is 16.3 Å². The molecule has 0 atom stereocenters. The third kappa shape index (κ3) is 4.43. The number of alkyl halides is 1. The van der Waals surface area contributed by atoms with Crippen molar-refractivity contribution in [3.8, 4) is 5.75 Å². The second-order valence-corrected chi connectivity index (χ2v) is 4.66. The van der Waals surface area contributed by atoms with Gasteiger partial charge in [0.2, 0.25) is 5.91 Å². The Morgan fingerprint density at radius 3 is 2.53 bits per heavy atom. The van der Waals surface area contributed by atoms with E-state index >= 15 is 0 Å². The zero-order valence-corrected chi connectivity index (χ0v) is 12.6. The molecule has 3 nitrogen and oxygen atoms in total. The minimum Gasteiger partial charge on any atom is -0.494 e. The van der Waals surface area contributed by atoms with E-state index in [1.54, 1.807) is 0 Å². The highest BCUT2D eigenvalue weighted by molar-refractivity contribution is 6.17. The van der Waals surface area contributed by atoms with E-state index in [2.05, 4.69) is 5.32 Å². The number of carbonyl (C=O) groups is 1. The van der Waals surface area contributed by atoms with Gasteiger partial charge in [-0.2, -0.15) is 0 Å². The first kappa shape index (κ1) is 15.8. The molecule has 0 aliphatic rings. The highest BCUT2D eigenvalue weighted by Gasteiger charge is 2.14. The summed E-state index contributed by atoms with van der Waals surface area (Å²) in [5.41, 5.74) is 1.67. The molecule has 0 aliphatic heterocycles. The molecule has 0 bridgehead atoms. The molecule has 1 amide bonds. The van der Waals surface area contributed by atoms with Crippen molar-refractivity contribution in [1.82, 2.24) is 0 Å². The minimum atomic E-state index is 0.0611. The van der Waals surface area contributed by atoms with Gasteiger partial charge in [-0.1, -0.05) is 13.8 Å². The monoisotopic (exact) mass is 283 g/mol. The molecule has 0 fully saturated rings. The number of amides is 1.